The summed E-state index contributed by atoms with van der Waals surface area (Å²) in [4.78, 5) is 4.56. The SMILES string of the molecule is Cc1cc(C(N)=S)nc2c(Cl)c(Cl)ccc12. The van der Waals surface area contributed by atoms with Gasteiger partial charge in [0.15, 0.2) is 0 Å². The van der Waals surface area contributed by atoms with Crippen LogP contribution in [0.15, 0.2) is 18.2 Å². The number of nitrogens with two attached hydrogens (primary N) is 1. The quantitative estimate of drug-likeness (QED) is 0.807. The zero-order valence-corrected chi connectivity index (χ0v) is 10.7. The molecule has 0 aliphatic heterocycles. The van der Waals surface area contributed by atoms with Crippen LogP contribution >= 0.6 is 35.4 Å². The van der Waals surface area contributed by atoms with Crippen molar-refractivity contribution in [3.8, 4) is 0 Å². The van der Waals surface area contributed by atoms with Crippen molar-refractivity contribution >= 4 is 51.3 Å². The van der Waals surface area contributed by atoms with Crippen LogP contribution in [0.5, 0.6) is 0 Å². The van der Waals surface area contributed by atoms with Gasteiger partial charge in [-0.2, -0.15) is 0 Å². The summed E-state index contributed by atoms with van der Waals surface area (Å²) >= 11 is 16.9. The van der Waals surface area contributed by atoms with E-state index < -0.39 is 0 Å². The summed E-state index contributed by atoms with van der Waals surface area (Å²) in [6, 6.07) is 5.48. The highest BCUT2D eigenvalue weighted by molar-refractivity contribution is 7.80. The van der Waals surface area contributed by atoms with Gasteiger partial charge in [-0.1, -0.05) is 41.5 Å². The number of halogens is 2. The van der Waals surface area contributed by atoms with E-state index in [1.165, 1.54) is 0 Å². The largest absolute Gasteiger partial charge is 0.388 e. The van der Waals surface area contributed by atoms with E-state index in [0.717, 1.165) is 10.9 Å². The highest BCUT2D eigenvalue weighted by atomic mass is 35.5. The zero-order chi connectivity index (χ0) is 11.9. The molecule has 0 saturated carbocycles. The summed E-state index contributed by atoms with van der Waals surface area (Å²) < 4.78 is 0. The predicted molar refractivity (Wildman–Crippen MR) is 72.4 cm³/mol. The minimum Gasteiger partial charge on any atom is -0.388 e. The van der Waals surface area contributed by atoms with Crippen LogP contribution < -0.4 is 5.73 Å². The molecule has 0 aliphatic rings. The molecule has 1 heterocycles. The molecular formula is C11H8Cl2N2S. The standard InChI is InChI=1S/C11H8Cl2N2S/c1-5-4-8(11(14)16)15-10-6(5)2-3-7(12)9(10)13/h2-4H,1H3,(H2,14,16). The minimum absolute atomic E-state index is 0.251. The molecular weight excluding hydrogens is 263 g/mol. The van der Waals surface area contributed by atoms with E-state index in [1.54, 1.807) is 6.07 Å². The Morgan fingerprint density at radius 2 is 2.06 bits per heavy atom. The molecule has 2 N–H and O–H groups in total. The van der Waals surface area contributed by atoms with Gasteiger partial charge < -0.3 is 5.73 Å². The van der Waals surface area contributed by atoms with Gasteiger partial charge in [-0.15, -0.1) is 0 Å². The van der Waals surface area contributed by atoms with E-state index in [1.807, 2.05) is 19.1 Å². The van der Waals surface area contributed by atoms with E-state index in [-0.39, 0.29) is 4.99 Å². The summed E-state index contributed by atoms with van der Waals surface area (Å²) in [5, 5.41) is 1.86. The number of pyridine rings is 1. The summed E-state index contributed by atoms with van der Waals surface area (Å²) in [7, 11) is 0. The number of aromatic nitrogens is 1. The van der Waals surface area contributed by atoms with Crippen LogP contribution in [0.25, 0.3) is 10.9 Å². The smallest absolute Gasteiger partial charge is 0.122 e. The molecule has 1 aromatic heterocycles. The van der Waals surface area contributed by atoms with Crippen LogP contribution in [-0.4, -0.2) is 9.97 Å². The van der Waals surface area contributed by atoms with E-state index in [0.29, 0.717) is 21.3 Å². The maximum absolute atomic E-state index is 6.10. The molecule has 2 nitrogen and oxygen atoms in total. The van der Waals surface area contributed by atoms with Gasteiger partial charge in [0, 0.05) is 5.39 Å². The first-order valence-electron chi connectivity index (χ1n) is 4.56. The third-order valence-electron chi connectivity index (χ3n) is 2.33. The molecule has 0 bridgehead atoms. The normalized spacial score (nSPS) is 10.7. The third-order valence-corrected chi connectivity index (χ3v) is 3.34. The summed E-state index contributed by atoms with van der Waals surface area (Å²) in [5.74, 6) is 0. The van der Waals surface area contributed by atoms with Crippen molar-refractivity contribution in [3.05, 3.63) is 39.5 Å². The number of rotatable bonds is 1. The lowest BCUT2D eigenvalue weighted by Gasteiger charge is -2.07. The molecule has 0 amide bonds. The Morgan fingerprint density at radius 3 is 2.69 bits per heavy atom. The second-order valence-electron chi connectivity index (χ2n) is 3.45. The lowest BCUT2D eigenvalue weighted by atomic mass is 10.1. The van der Waals surface area contributed by atoms with Crippen LogP contribution in [0.1, 0.15) is 11.3 Å². The maximum Gasteiger partial charge on any atom is 0.122 e. The van der Waals surface area contributed by atoms with E-state index in [4.69, 9.17) is 41.2 Å². The summed E-state index contributed by atoms with van der Waals surface area (Å²) in [6.45, 7) is 1.95. The van der Waals surface area contributed by atoms with Crippen LogP contribution in [-0.2, 0) is 0 Å². The van der Waals surface area contributed by atoms with Crippen molar-refractivity contribution in [3.63, 3.8) is 0 Å². The van der Waals surface area contributed by atoms with Crippen LogP contribution in [0.3, 0.4) is 0 Å². The molecule has 2 aromatic rings. The van der Waals surface area contributed by atoms with Crippen molar-refractivity contribution in [2.45, 2.75) is 6.92 Å². The Bertz CT molecular complexity index is 596. The average molecular weight is 271 g/mol. The number of fused-ring (bicyclic) bond motifs is 1. The Morgan fingerprint density at radius 1 is 1.38 bits per heavy atom. The molecule has 5 heteroatoms. The second kappa shape index (κ2) is 4.17. The van der Waals surface area contributed by atoms with Crippen molar-refractivity contribution in [2.24, 2.45) is 5.73 Å². The van der Waals surface area contributed by atoms with Crippen LogP contribution in [0, 0.1) is 6.92 Å². The van der Waals surface area contributed by atoms with E-state index >= 15 is 0 Å². The molecule has 0 spiro atoms. The van der Waals surface area contributed by atoms with Gasteiger partial charge in [-0.05, 0) is 24.6 Å². The van der Waals surface area contributed by atoms with Crippen LogP contribution in [0.2, 0.25) is 10.0 Å². The van der Waals surface area contributed by atoms with Gasteiger partial charge in [-0.3, -0.25) is 0 Å². The Balaban J connectivity index is 2.88. The fourth-order valence-electron chi connectivity index (χ4n) is 1.53. The number of benzene rings is 1. The molecule has 2 rings (SSSR count). The fourth-order valence-corrected chi connectivity index (χ4v) is 1.99. The monoisotopic (exact) mass is 270 g/mol. The predicted octanol–water partition coefficient (Wildman–Crippen LogP) is 3.48. The molecule has 0 saturated heterocycles. The first-order valence-corrected chi connectivity index (χ1v) is 5.72. The van der Waals surface area contributed by atoms with Gasteiger partial charge in [0.2, 0.25) is 0 Å². The zero-order valence-electron chi connectivity index (χ0n) is 8.42. The molecule has 0 fully saturated rings. The van der Waals surface area contributed by atoms with Gasteiger partial charge in [0.1, 0.15) is 4.99 Å². The van der Waals surface area contributed by atoms with Crippen molar-refractivity contribution in [2.75, 3.05) is 0 Å². The van der Waals surface area contributed by atoms with Gasteiger partial charge in [-0.25, -0.2) is 4.98 Å². The van der Waals surface area contributed by atoms with Crippen molar-refractivity contribution < 1.29 is 0 Å². The summed E-state index contributed by atoms with van der Waals surface area (Å²) in [5.41, 5.74) is 7.77. The Hall–Kier alpha value is -0.900. The van der Waals surface area contributed by atoms with E-state index in [2.05, 4.69) is 4.98 Å². The maximum atomic E-state index is 6.10. The third kappa shape index (κ3) is 1.86. The molecule has 0 radical (unpaired) electrons. The lowest BCUT2D eigenvalue weighted by molar-refractivity contribution is 1.33. The first-order chi connectivity index (χ1) is 7.50. The number of aryl methyl sites for hydroxylation is 1. The fraction of sp³-hybridized carbons (Fsp3) is 0.0909. The molecule has 82 valence electrons. The second-order valence-corrected chi connectivity index (χ2v) is 4.67. The lowest BCUT2D eigenvalue weighted by Crippen LogP contribution is -2.12. The van der Waals surface area contributed by atoms with Crippen molar-refractivity contribution in [1.29, 1.82) is 0 Å². The van der Waals surface area contributed by atoms with E-state index in [9.17, 15) is 0 Å². The van der Waals surface area contributed by atoms with Gasteiger partial charge in [0.25, 0.3) is 0 Å². The topological polar surface area (TPSA) is 38.9 Å². The number of hydrogen-bond donors (Lipinski definition) is 1. The highest BCUT2D eigenvalue weighted by Gasteiger charge is 2.10. The minimum atomic E-state index is 0.251. The number of nitrogens with zero attached hydrogens (tertiary/aromatic N) is 1. The first kappa shape index (κ1) is 11.6. The van der Waals surface area contributed by atoms with Crippen molar-refractivity contribution in [1.82, 2.24) is 4.98 Å². The molecule has 16 heavy (non-hydrogen) atoms. The molecule has 1 aromatic carbocycles. The number of thiocarbonyl (C=S) groups is 1. The van der Waals surface area contributed by atoms with Gasteiger partial charge >= 0.3 is 0 Å². The molecule has 0 unspecified atom stereocenters. The Labute approximate surface area is 108 Å². The Kier molecular flexibility index (Phi) is 3.02. The summed E-state index contributed by atoms with van der Waals surface area (Å²) in [6.07, 6.45) is 0. The average Bonchev–Trinajstić information content (AvgIpc) is 2.23. The molecule has 0 aliphatic carbocycles. The van der Waals surface area contributed by atoms with Gasteiger partial charge in [0.05, 0.1) is 21.3 Å². The highest BCUT2D eigenvalue weighted by Crippen LogP contribution is 2.31. The van der Waals surface area contributed by atoms with Crippen LogP contribution in [0.4, 0.5) is 0 Å². The number of hydrogen-bond acceptors (Lipinski definition) is 2. The molecule has 0 atom stereocenters.